The van der Waals surface area contributed by atoms with Crippen LogP contribution in [0.1, 0.15) is 65.7 Å². The molecule has 124 valence electrons. The van der Waals surface area contributed by atoms with Gasteiger partial charge in [0.2, 0.25) is 0 Å². The van der Waals surface area contributed by atoms with Crippen molar-refractivity contribution in [3.63, 3.8) is 0 Å². The zero-order chi connectivity index (χ0) is 16.4. The first-order valence-electron chi connectivity index (χ1n) is 8.68. The normalized spacial score (nSPS) is 20.7. The SMILES string of the molecule is CN(C)C1(CCN2C(=O)c3ccccc3C2=O)CCCCCC1. The molecule has 0 bridgehead atoms. The lowest BCUT2D eigenvalue weighted by Gasteiger charge is -2.40. The first kappa shape index (κ1) is 16.2. The number of rotatable bonds is 4. The van der Waals surface area contributed by atoms with Crippen molar-refractivity contribution < 1.29 is 9.59 Å². The molecule has 1 saturated carbocycles. The summed E-state index contributed by atoms with van der Waals surface area (Å²) >= 11 is 0. The Bertz CT molecular complexity index is 566. The Kier molecular flexibility index (Phi) is 4.53. The molecular formula is C19H26N2O2. The Morgan fingerprint density at radius 1 is 0.957 bits per heavy atom. The Morgan fingerprint density at radius 2 is 1.48 bits per heavy atom. The molecule has 2 amide bonds. The highest BCUT2D eigenvalue weighted by Crippen LogP contribution is 2.35. The van der Waals surface area contributed by atoms with Crippen LogP contribution in [0.15, 0.2) is 24.3 Å². The number of fused-ring (bicyclic) bond motifs is 1. The van der Waals surface area contributed by atoms with Crippen LogP contribution < -0.4 is 0 Å². The number of nitrogens with zero attached hydrogens (tertiary/aromatic N) is 2. The summed E-state index contributed by atoms with van der Waals surface area (Å²) in [6, 6.07) is 7.14. The monoisotopic (exact) mass is 314 g/mol. The minimum absolute atomic E-state index is 0.117. The molecule has 0 saturated heterocycles. The maximum atomic E-state index is 12.5. The molecule has 1 aromatic carbocycles. The third-order valence-electron chi connectivity index (χ3n) is 5.66. The second-order valence-electron chi connectivity index (χ2n) is 7.09. The molecule has 23 heavy (non-hydrogen) atoms. The summed E-state index contributed by atoms with van der Waals surface area (Å²) in [6.07, 6.45) is 8.24. The summed E-state index contributed by atoms with van der Waals surface area (Å²) in [6.45, 7) is 0.518. The molecule has 4 nitrogen and oxygen atoms in total. The number of hydrogen-bond donors (Lipinski definition) is 0. The van der Waals surface area contributed by atoms with Gasteiger partial charge in [-0.2, -0.15) is 0 Å². The van der Waals surface area contributed by atoms with Gasteiger partial charge in [0.15, 0.2) is 0 Å². The minimum Gasteiger partial charge on any atom is -0.304 e. The van der Waals surface area contributed by atoms with E-state index in [1.807, 2.05) is 12.1 Å². The Balaban J connectivity index is 1.75. The minimum atomic E-state index is -0.131. The standard InChI is InChI=1S/C19H26N2O2/c1-20(2)19(11-7-3-4-8-12-19)13-14-21-17(22)15-9-5-6-10-16(15)18(21)23/h5-6,9-10H,3-4,7-8,11-14H2,1-2H3. The third-order valence-corrected chi connectivity index (χ3v) is 5.66. The molecule has 3 rings (SSSR count). The van der Waals surface area contributed by atoms with Gasteiger partial charge in [-0.25, -0.2) is 0 Å². The van der Waals surface area contributed by atoms with Crippen LogP contribution in [-0.2, 0) is 0 Å². The van der Waals surface area contributed by atoms with E-state index in [-0.39, 0.29) is 17.4 Å². The number of hydrogen-bond acceptors (Lipinski definition) is 3. The molecule has 0 spiro atoms. The van der Waals surface area contributed by atoms with E-state index < -0.39 is 0 Å². The molecule has 2 aliphatic rings. The van der Waals surface area contributed by atoms with Gasteiger partial charge >= 0.3 is 0 Å². The van der Waals surface area contributed by atoms with Crippen molar-refractivity contribution in [1.82, 2.24) is 9.80 Å². The van der Waals surface area contributed by atoms with Crippen molar-refractivity contribution >= 4 is 11.8 Å². The van der Waals surface area contributed by atoms with Gasteiger partial charge in [0.25, 0.3) is 11.8 Å². The van der Waals surface area contributed by atoms with Crippen LogP contribution >= 0.6 is 0 Å². The Hall–Kier alpha value is -1.68. The second kappa shape index (κ2) is 6.44. The zero-order valence-corrected chi connectivity index (χ0v) is 14.2. The molecule has 4 heteroatoms. The third kappa shape index (κ3) is 2.92. The smallest absolute Gasteiger partial charge is 0.261 e. The van der Waals surface area contributed by atoms with E-state index in [1.165, 1.54) is 30.6 Å². The molecule has 0 unspecified atom stereocenters. The molecule has 0 aromatic heterocycles. The van der Waals surface area contributed by atoms with Gasteiger partial charge in [0.1, 0.15) is 0 Å². The maximum Gasteiger partial charge on any atom is 0.261 e. The first-order chi connectivity index (χ1) is 11.1. The topological polar surface area (TPSA) is 40.6 Å². The zero-order valence-electron chi connectivity index (χ0n) is 14.2. The van der Waals surface area contributed by atoms with Crippen molar-refractivity contribution in [2.75, 3.05) is 20.6 Å². The largest absolute Gasteiger partial charge is 0.304 e. The van der Waals surface area contributed by atoms with Crippen LogP contribution in [0.3, 0.4) is 0 Å². The van der Waals surface area contributed by atoms with Gasteiger partial charge in [0.05, 0.1) is 11.1 Å². The molecule has 0 radical (unpaired) electrons. The maximum absolute atomic E-state index is 12.5. The summed E-state index contributed by atoms with van der Waals surface area (Å²) < 4.78 is 0. The Morgan fingerprint density at radius 3 is 1.96 bits per heavy atom. The van der Waals surface area contributed by atoms with Crippen LogP contribution in [-0.4, -0.2) is 47.8 Å². The first-order valence-corrected chi connectivity index (χ1v) is 8.68. The van der Waals surface area contributed by atoms with Gasteiger partial charge in [-0.3, -0.25) is 14.5 Å². The molecule has 1 heterocycles. The van der Waals surface area contributed by atoms with Crippen LogP contribution in [0.5, 0.6) is 0 Å². The fourth-order valence-corrected chi connectivity index (χ4v) is 4.07. The van der Waals surface area contributed by atoms with Gasteiger partial charge in [-0.1, -0.05) is 37.8 Å². The van der Waals surface area contributed by atoms with E-state index in [4.69, 9.17) is 0 Å². The summed E-state index contributed by atoms with van der Waals surface area (Å²) in [7, 11) is 4.27. The molecule has 0 atom stereocenters. The van der Waals surface area contributed by atoms with Crippen LogP contribution in [0, 0.1) is 0 Å². The number of benzene rings is 1. The lowest BCUT2D eigenvalue weighted by Crippen LogP contribution is -2.47. The quantitative estimate of drug-likeness (QED) is 0.632. The average Bonchev–Trinajstić information content (AvgIpc) is 2.73. The molecule has 1 aromatic rings. The number of imide groups is 1. The van der Waals surface area contributed by atoms with Crippen molar-refractivity contribution in [1.29, 1.82) is 0 Å². The fraction of sp³-hybridized carbons (Fsp3) is 0.579. The molecule has 1 fully saturated rings. The van der Waals surface area contributed by atoms with Crippen molar-refractivity contribution in [3.05, 3.63) is 35.4 Å². The van der Waals surface area contributed by atoms with E-state index in [2.05, 4.69) is 19.0 Å². The lowest BCUT2D eigenvalue weighted by molar-refractivity contribution is 0.0583. The fourth-order valence-electron chi connectivity index (χ4n) is 4.07. The number of amides is 2. The highest BCUT2D eigenvalue weighted by Gasteiger charge is 2.38. The highest BCUT2D eigenvalue weighted by atomic mass is 16.2. The summed E-state index contributed by atoms with van der Waals surface area (Å²) in [5.41, 5.74) is 1.22. The van der Waals surface area contributed by atoms with Gasteiger partial charge in [-0.15, -0.1) is 0 Å². The molecular weight excluding hydrogens is 288 g/mol. The van der Waals surface area contributed by atoms with E-state index in [0.29, 0.717) is 17.7 Å². The molecule has 1 aliphatic heterocycles. The number of carbonyl (C=O) groups excluding carboxylic acids is 2. The van der Waals surface area contributed by atoms with Crippen LogP contribution in [0.25, 0.3) is 0 Å². The Labute approximate surface area is 138 Å². The van der Waals surface area contributed by atoms with Gasteiger partial charge in [0, 0.05) is 12.1 Å². The van der Waals surface area contributed by atoms with E-state index >= 15 is 0 Å². The summed E-state index contributed by atoms with van der Waals surface area (Å²) in [4.78, 5) is 28.8. The van der Waals surface area contributed by atoms with Crippen molar-refractivity contribution in [3.8, 4) is 0 Å². The van der Waals surface area contributed by atoms with Crippen LogP contribution in [0.2, 0.25) is 0 Å². The molecule has 0 N–H and O–H groups in total. The average molecular weight is 314 g/mol. The van der Waals surface area contributed by atoms with Crippen molar-refractivity contribution in [2.24, 2.45) is 0 Å². The van der Waals surface area contributed by atoms with Gasteiger partial charge in [-0.05, 0) is 45.5 Å². The van der Waals surface area contributed by atoms with Gasteiger partial charge < -0.3 is 4.90 Å². The van der Waals surface area contributed by atoms with E-state index in [0.717, 1.165) is 19.3 Å². The van der Waals surface area contributed by atoms with E-state index in [1.54, 1.807) is 12.1 Å². The van der Waals surface area contributed by atoms with E-state index in [9.17, 15) is 9.59 Å². The highest BCUT2D eigenvalue weighted by molar-refractivity contribution is 6.21. The summed E-state index contributed by atoms with van der Waals surface area (Å²) in [5.74, 6) is -0.263. The van der Waals surface area contributed by atoms with Crippen LogP contribution in [0.4, 0.5) is 0 Å². The summed E-state index contributed by atoms with van der Waals surface area (Å²) in [5, 5.41) is 0. The number of carbonyl (C=O) groups is 2. The molecule has 1 aliphatic carbocycles. The second-order valence-corrected chi connectivity index (χ2v) is 7.09. The lowest BCUT2D eigenvalue weighted by atomic mass is 9.85. The predicted octanol–water partition coefficient (Wildman–Crippen LogP) is 3.33. The van der Waals surface area contributed by atoms with Crippen molar-refractivity contribution in [2.45, 2.75) is 50.5 Å². The predicted molar refractivity (Wildman–Crippen MR) is 90.5 cm³/mol.